The van der Waals surface area contributed by atoms with E-state index in [1.165, 1.54) is 5.56 Å². The van der Waals surface area contributed by atoms with Gasteiger partial charge in [0.05, 0.1) is 0 Å². The molecule has 0 spiro atoms. The molecule has 0 heterocycles. The lowest BCUT2D eigenvalue weighted by molar-refractivity contribution is -0.125. The lowest BCUT2D eigenvalue weighted by atomic mass is 9.84. The van der Waals surface area contributed by atoms with E-state index < -0.39 is 0 Å². The zero-order chi connectivity index (χ0) is 13.1. The molecule has 0 saturated carbocycles. The van der Waals surface area contributed by atoms with Crippen molar-refractivity contribution >= 4 is 5.78 Å². The molecule has 1 atom stereocenters. The number of aromatic hydroxyl groups is 1. The van der Waals surface area contributed by atoms with Crippen LogP contribution in [0, 0.1) is 5.92 Å². The third kappa shape index (κ3) is 2.56. The molecule has 0 radical (unpaired) electrons. The molecule has 0 saturated heterocycles. The SMILES string of the molecule is C[C@@H](Cc1ccc(O)c2c1CCCC2)C(=O)CO. The molecule has 3 heteroatoms. The van der Waals surface area contributed by atoms with Gasteiger partial charge < -0.3 is 10.2 Å². The maximum absolute atomic E-state index is 11.5. The van der Waals surface area contributed by atoms with Crippen LogP contribution in [0.3, 0.4) is 0 Å². The number of rotatable bonds is 4. The molecule has 0 aromatic heterocycles. The summed E-state index contributed by atoms with van der Waals surface area (Å²) < 4.78 is 0. The fraction of sp³-hybridized carbons (Fsp3) is 0.533. The van der Waals surface area contributed by atoms with Crippen molar-refractivity contribution in [3.8, 4) is 5.75 Å². The second-order valence-corrected chi connectivity index (χ2v) is 5.14. The molecule has 1 aliphatic carbocycles. The van der Waals surface area contributed by atoms with Crippen molar-refractivity contribution in [2.45, 2.75) is 39.0 Å². The Hall–Kier alpha value is -1.35. The number of hydrogen-bond acceptors (Lipinski definition) is 3. The summed E-state index contributed by atoms with van der Waals surface area (Å²) in [6.45, 7) is 1.46. The van der Waals surface area contributed by atoms with Gasteiger partial charge in [-0.05, 0) is 54.9 Å². The molecular weight excluding hydrogens is 228 g/mol. The van der Waals surface area contributed by atoms with Crippen molar-refractivity contribution in [1.82, 2.24) is 0 Å². The van der Waals surface area contributed by atoms with Crippen LogP contribution in [-0.2, 0) is 24.1 Å². The molecule has 0 aliphatic heterocycles. The van der Waals surface area contributed by atoms with Crippen LogP contribution in [0.2, 0.25) is 0 Å². The molecule has 1 aromatic rings. The average molecular weight is 248 g/mol. The number of fused-ring (bicyclic) bond motifs is 1. The maximum atomic E-state index is 11.5. The first-order valence-corrected chi connectivity index (χ1v) is 6.59. The molecule has 1 aromatic carbocycles. The van der Waals surface area contributed by atoms with Crippen molar-refractivity contribution < 1.29 is 15.0 Å². The minimum Gasteiger partial charge on any atom is -0.508 e. The van der Waals surface area contributed by atoms with Gasteiger partial charge in [0.15, 0.2) is 5.78 Å². The molecule has 3 nitrogen and oxygen atoms in total. The molecule has 98 valence electrons. The molecule has 0 unspecified atom stereocenters. The fourth-order valence-electron chi connectivity index (χ4n) is 2.71. The second-order valence-electron chi connectivity index (χ2n) is 5.14. The summed E-state index contributed by atoms with van der Waals surface area (Å²) in [5, 5.41) is 18.7. The number of benzene rings is 1. The predicted octanol–water partition coefficient (Wildman–Crippen LogP) is 2.01. The van der Waals surface area contributed by atoms with Gasteiger partial charge in [-0.3, -0.25) is 4.79 Å². The number of carbonyl (C=O) groups excluding carboxylic acids is 1. The van der Waals surface area contributed by atoms with Crippen LogP contribution in [0.5, 0.6) is 5.75 Å². The average Bonchev–Trinajstić information content (AvgIpc) is 2.41. The Balaban J connectivity index is 2.26. The van der Waals surface area contributed by atoms with Crippen LogP contribution >= 0.6 is 0 Å². The van der Waals surface area contributed by atoms with Crippen LogP contribution in [0.25, 0.3) is 0 Å². The highest BCUT2D eigenvalue weighted by Gasteiger charge is 2.19. The van der Waals surface area contributed by atoms with E-state index in [-0.39, 0.29) is 18.3 Å². The molecule has 0 bridgehead atoms. The Morgan fingerprint density at radius 2 is 1.94 bits per heavy atom. The van der Waals surface area contributed by atoms with Crippen molar-refractivity contribution in [1.29, 1.82) is 0 Å². The number of Topliss-reactive ketones (excluding diaryl/α,β-unsaturated/α-hetero) is 1. The number of phenolic OH excluding ortho intramolecular Hbond substituents is 1. The first-order valence-electron chi connectivity index (χ1n) is 6.59. The van der Waals surface area contributed by atoms with Crippen molar-refractivity contribution in [2.75, 3.05) is 6.61 Å². The Bertz CT molecular complexity index is 451. The number of hydrogen-bond donors (Lipinski definition) is 2. The summed E-state index contributed by atoms with van der Waals surface area (Å²) in [5.41, 5.74) is 3.43. The molecule has 18 heavy (non-hydrogen) atoms. The van der Waals surface area contributed by atoms with E-state index in [4.69, 9.17) is 5.11 Å². The normalized spacial score (nSPS) is 16.1. The first-order chi connectivity index (χ1) is 8.63. The summed E-state index contributed by atoms with van der Waals surface area (Å²) in [4.78, 5) is 11.5. The third-order valence-electron chi connectivity index (χ3n) is 3.84. The van der Waals surface area contributed by atoms with Crippen molar-refractivity contribution in [2.24, 2.45) is 5.92 Å². The Morgan fingerprint density at radius 1 is 1.28 bits per heavy atom. The lowest BCUT2D eigenvalue weighted by Crippen LogP contribution is -2.18. The quantitative estimate of drug-likeness (QED) is 0.857. The largest absolute Gasteiger partial charge is 0.508 e. The van der Waals surface area contributed by atoms with Gasteiger partial charge in [0.25, 0.3) is 0 Å². The Labute approximate surface area is 107 Å². The highest BCUT2D eigenvalue weighted by Crippen LogP contribution is 2.32. The summed E-state index contributed by atoms with van der Waals surface area (Å²) in [5.74, 6) is 0.104. The molecule has 1 aliphatic rings. The number of phenols is 1. The fourth-order valence-corrected chi connectivity index (χ4v) is 2.71. The van der Waals surface area contributed by atoms with Crippen LogP contribution in [-0.4, -0.2) is 22.6 Å². The van der Waals surface area contributed by atoms with Gasteiger partial charge in [0.2, 0.25) is 0 Å². The van der Waals surface area contributed by atoms with Gasteiger partial charge in [-0.1, -0.05) is 13.0 Å². The van der Waals surface area contributed by atoms with Gasteiger partial charge in [-0.25, -0.2) is 0 Å². The van der Waals surface area contributed by atoms with Gasteiger partial charge in [-0.15, -0.1) is 0 Å². The number of carbonyl (C=O) groups is 1. The zero-order valence-corrected chi connectivity index (χ0v) is 10.8. The van der Waals surface area contributed by atoms with Crippen LogP contribution in [0.4, 0.5) is 0 Å². The minimum absolute atomic E-state index is 0.118. The maximum Gasteiger partial charge on any atom is 0.161 e. The van der Waals surface area contributed by atoms with Crippen molar-refractivity contribution in [3.63, 3.8) is 0 Å². The Kier molecular flexibility index (Phi) is 4.02. The summed E-state index contributed by atoms with van der Waals surface area (Å²) in [7, 11) is 0. The molecule has 0 amide bonds. The van der Waals surface area contributed by atoms with Crippen LogP contribution in [0.1, 0.15) is 36.5 Å². The highest BCUT2D eigenvalue weighted by molar-refractivity contribution is 5.81. The molecular formula is C15H20O3. The van der Waals surface area contributed by atoms with Crippen molar-refractivity contribution in [3.05, 3.63) is 28.8 Å². The van der Waals surface area contributed by atoms with Gasteiger partial charge in [0.1, 0.15) is 12.4 Å². The van der Waals surface area contributed by atoms with Gasteiger partial charge in [-0.2, -0.15) is 0 Å². The zero-order valence-electron chi connectivity index (χ0n) is 10.8. The second kappa shape index (κ2) is 5.53. The monoisotopic (exact) mass is 248 g/mol. The standard InChI is InChI=1S/C15H20O3/c1-10(15(18)9-16)8-11-6-7-14(17)13-5-3-2-4-12(11)13/h6-7,10,16-17H,2-5,8-9H2,1H3/t10-/m0/s1. The third-order valence-corrected chi connectivity index (χ3v) is 3.84. The summed E-state index contributed by atoms with van der Waals surface area (Å²) in [6.07, 6.45) is 4.83. The van der Waals surface area contributed by atoms with E-state index in [1.54, 1.807) is 6.07 Å². The highest BCUT2D eigenvalue weighted by atomic mass is 16.3. The molecule has 2 rings (SSSR count). The lowest BCUT2D eigenvalue weighted by Gasteiger charge is -2.21. The van der Waals surface area contributed by atoms with E-state index in [0.717, 1.165) is 36.8 Å². The predicted molar refractivity (Wildman–Crippen MR) is 69.7 cm³/mol. The van der Waals surface area contributed by atoms with E-state index in [1.807, 2.05) is 13.0 Å². The molecule has 0 fully saturated rings. The van der Waals surface area contributed by atoms with E-state index in [2.05, 4.69) is 0 Å². The van der Waals surface area contributed by atoms with Crippen LogP contribution in [0.15, 0.2) is 12.1 Å². The van der Waals surface area contributed by atoms with E-state index in [9.17, 15) is 9.90 Å². The smallest absolute Gasteiger partial charge is 0.161 e. The minimum atomic E-state index is -0.387. The topological polar surface area (TPSA) is 57.5 Å². The van der Waals surface area contributed by atoms with E-state index >= 15 is 0 Å². The summed E-state index contributed by atoms with van der Waals surface area (Å²) in [6, 6.07) is 3.65. The van der Waals surface area contributed by atoms with Crippen LogP contribution < -0.4 is 0 Å². The Morgan fingerprint density at radius 3 is 2.61 bits per heavy atom. The summed E-state index contributed by atoms with van der Waals surface area (Å²) >= 11 is 0. The number of aliphatic hydroxyl groups excluding tert-OH is 1. The first kappa shape index (κ1) is 13.1. The number of aliphatic hydroxyl groups is 1. The molecule has 2 N–H and O–H groups in total. The van der Waals surface area contributed by atoms with Gasteiger partial charge in [0, 0.05) is 5.92 Å². The van der Waals surface area contributed by atoms with E-state index in [0.29, 0.717) is 12.2 Å². The van der Waals surface area contributed by atoms with Gasteiger partial charge >= 0.3 is 0 Å². The number of ketones is 1.